The minimum atomic E-state index is 0.0591. The quantitative estimate of drug-likeness (QED) is 0.759. The molecule has 0 atom stereocenters. The van der Waals surface area contributed by atoms with Crippen LogP contribution in [0.15, 0.2) is 24.3 Å². The SMILES string of the molecule is CCCCCCC/C=C1/CNC(=O)c2cccc(C)c21. The van der Waals surface area contributed by atoms with Crippen LogP contribution in [0.5, 0.6) is 0 Å². The van der Waals surface area contributed by atoms with Crippen molar-refractivity contribution in [2.75, 3.05) is 6.54 Å². The smallest absolute Gasteiger partial charge is 0.252 e. The van der Waals surface area contributed by atoms with Crippen molar-refractivity contribution in [2.45, 2.75) is 52.4 Å². The van der Waals surface area contributed by atoms with Gasteiger partial charge in [-0.25, -0.2) is 0 Å². The number of hydrogen-bond acceptors (Lipinski definition) is 1. The van der Waals surface area contributed by atoms with Gasteiger partial charge < -0.3 is 5.32 Å². The van der Waals surface area contributed by atoms with Crippen molar-refractivity contribution in [3.05, 3.63) is 41.0 Å². The van der Waals surface area contributed by atoms with E-state index >= 15 is 0 Å². The van der Waals surface area contributed by atoms with Gasteiger partial charge in [0.05, 0.1) is 0 Å². The second kappa shape index (κ2) is 7.28. The third-order valence-electron chi connectivity index (χ3n) is 3.98. The summed E-state index contributed by atoms with van der Waals surface area (Å²) < 4.78 is 0. The molecule has 0 fully saturated rings. The maximum Gasteiger partial charge on any atom is 0.252 e. The van der Waals surface area contributed by atoms with E-state index in [1.807, 2.05) is 12.1 Å². The average Bonchev–Trinajstić information content (AvgIpc) is 2.45. The van der Waals surface area contributed by atoms with Gasteiger partial charge in [0, 0.05) is 12.1 Å². The molecule has 0 unspecified atom stereocenters. The molecule has 1 aromatic rings. The molecule has 1 aliphatic heterocycles. The van der Waals surface area contributed by atoms with Crippen molar-refractivity contribution in [3.8, 4) is 0 Å². The van der Waals surface area contributed by atoms with Crippen LogP contribution < -0.4 is 5.32 Å². The lowest BCUT2D eigenvalue weighted by molar-refractivity contribution is 0.0954. The predicted octanol–water partition coefficient (Wildman–Crippen LogP) is 4.48. The zero-order chi connectivity index (χ0) is 14.4. The summed E-state index contributed by atoms with van der Waals surface area (Å²) in [6, 6.07) is 5.97. The first-order valence-corrected chi connectivity index (χ1v) is 7.81. The summed E-state index contributed by atoms with van der Waals surface area (Å²) in [5.41, 5.74) is 4.47. The maximum atomic E-state index is 11.9. The van der Waals surface area contributed by atoms with E-state index in [1.54, 1.807) is 0 Å². The number of carbonyl (C=O) groups excluding carboxylic acids is 1. The Kier molecular flexibility index (Phi) is 5.40. The standard InChI is InChI=1S/C18H25NO/c1-3-4-5-6-7-8-11-15-13-19-18(20)16-12-9-10-14(2)17(15)16/h9-12H,3-8,13H2,1-2H3,(H,19,20)/b15-11-. The Morgan fingerprint density at radius 2 is 2.00 bits per heavy atom. The van der Waals surface area contributed by atoms with Crippen LogP contribution in [-0.2, 0) is 0 Å². The third-order valence-corrected chi connectivity index (χ3v) is 3.98. The minimum absolute atomic E-state index is 0.0591. The Morgan fingerprint density at radius 3 is 2.80 bits per heavy atom. The predicted molar refractivity (Wildman–Crippen MR) is 84.9 cm³/mol. The molecule has 1 N–H and O–H groups in total. The molecule has 1 heterocycles. The fraction of sp³-hybridized carbons (Fsp3) is 0.500. The molecule has 0 saturated carbocycles. The van der Waals surface area contributed by atoms with E-state index in [2.05, 4.69) is 31.3 Å². The average molecular weight is 271 g/mol. The summed E-state index contributed by atoms with van der Waals surface area (Å²) in [6.07, 6.45) is 9.96. The molecule has 2 heteroatoms. The summed E-state index contributed by atoms with van der Waals surface area (Å²) in [6.45, 7) is 5.00. The molecule has 2 rings (SSSR count). The number of nitrogens with one attached hydrogen (secondary N) is 1. The highest BCUT2D eigenvalue weighted by Crippen LogP contribution is 2.27. The normalized spacial score (nSPS) is 16.1. The van der Waals surface area contributed by atoms with Gasteiger partial charge in [-0.15, -0.1) is 0 Å². The summed E-state index contributed by atoms with van der Waals surface area (Å²) in [4.78, 5) is 11.9. The molecule has 20 heavy (non-hydrogen) atoms. The van der Waals surface area contributed by atoms with Gasteiger partial charge in [0.1, 0.15) is 0 Å². The number of fused-ring (bicyclic) bond motifs is 1. The lowest BCUT2D eigenvalue weighted by atomic mass is 9.90. The topological polar surface area (TPSA) is 29.1 Å². The van der Waals surface area contributed by atoms with Crippen LogP contribution in [0.2, 0.25) is 0 Å². The molecule has 0 aliphatic carbocycles. The first kappa shape index (κ1) is 14.8. The van der Waals surface area contributed by atoms with Crippen LogP contribution >= 0.6 is 0 Å². The van der Waals surface area contributed by atoms with Crippen LogP contribution in [0.1, 0.15) is 66.9 Å². The van der Waals surface area contributed by atoms with Crippen LogP contribution in [0.25, 0.3) is 5.57 Å². The van der Waals surface area contributed by atoms with Gasteiger partial charge >= 0.3 is 0 Å². The Labute approximate surface area is 122 Å². The molecule has 108 valence electrons. The molecule has 0 aromatic heterocycles. The van der Waals surface area contributed by atoms with Crippen LogP contribution in [0.4, 0.5) is 0 Å². The number of hydrogen-bond donors (Lipinski definition) is 1. The molecule has 0 saturated heterocycles. The van der Waals surface area contributed by atoms with Gasteiger partial charge in [0.15, 0.2) is 0 Å². The second-order valence-corrected chi connectivity index (χ2v) is 5.61. The summed E-state index contributed by atoms with van der Waals surface area (Å²) >= 11 is 0. The van der Waals surface area contributed by atoms with Crippen molar-refractivity contribution in [3.63, 3.8) is 0 Å². The zero-order valence-electron chi connectivity index (χ0n) is 12.7. The molecule has 1 amide bonds. The van der Waals surface area contributed by atoms with Crippen molar-refractivity contribution in [2.24, 2.45) is 0 Å². The van der Waals surface area contributed by atoms with E-state index < -0.39 is 0 Å². The number of aryl methyl sites for hydroxylation is 1. The van der Waals surface area contributed by atoms with E-state index in [9.17, 15) is 4.79 Å². The third kappa shape index (κ3) is 3.50. The molecule has 2 nitrogen and oxygen atoms in total. The molecular formula is C18H25NO. The molecular weight excluding hydrogens is 246 g/mol. The Hall–Kier alpha value is -1.57. The van der Waals surface area contributed by atoms with E-state index in [0.29, 0.717) is 6.54 Å². The zero-order valence-corrected chi connectivity index (χ0v) is 12.7. The molecule has 0 radical (unpaired) electrons. The fourth-order valence-corrected chi connectivity index (χ4v) is 2.84. The van der Waals surface area contributed by atoms with Crippen LogP contribution in [0.3, 0.4) is 0 Å². The first-order chi connectivity index (χ1) is 9.74. The monoisotopic (exact) mass is 271 g/mol. The summed E-state index contributed by atoms with van der Waals surface area (Å²) in [5.74, 6) is 0.0591. The molecule has 1 aliphatic rings. The van der Waals surface area contributed by atoms with Crippen molar-refractivity contribution >= 4 is 11.5 Å². The van der Waals surface area contributed by atoms with Gasteiger partial charge in [-0.3, -0.25) is 4.79 Å². The summed E-state index contributed by atoms with van der Waals surface area (Å²) in [7, 11) is 0. The van der Waals surface area contributed by atoms with Crippen LogP contribution in [0, 0.1) is 6.92 Å². The Bertz CT molecular complexity index is 502. The molecule has 1 aromatic carbocycles. The maximum absolute atomic E-state index is 11.9. The lowest BCUT2D eigenvalue weighted by Crippen LogP contribution is -2.31. The number of carbonyl (C=O) groups is 1. The van der Waals surface area contributed by atoms with Gasteiger partial charge in [0.25, 0.3) is 5.91 Å². The van der Waals surface area contributed by atoms with Gasteiger partial charge in [0.2, 0.25) is 0 Å². The van der Waals surface area contributed by atoms with Gasteiger partial charge in [-0.2, -0.15) is 0 Å². The number of amides is 1. The fourth-order valence-electron chi connectivity index (χ4n) is 2.84. The molecule has 0 bridgehead atoms. The highest BCUT2D eigenvalue weighted by molar-refractivity contribution is 6.03. The lowest BCUT2D eigenvalue weighted by Gasteiger charge is -2.21. The van der Waals surface area contributed by atoms with Crippen molar-refractivity contribution in [1.29, 1.82) is 0 Å². The summed E-state index contributed by atoms with van der Waals surface area (Å²) in [5, 5.41) is 2.97. The molecule has 0 spiro atoms. The van der Waals surface area contributed by atoms with E-state index in [1.165, 1.54) is 43.2 Å². The van der Waals surface area contributed by atoms with Gasteiger partial charge in [-0.05, 0) is 42.5 Å². The highest BCUT2D eigenvalue weighted by Gasteiger charge is 2.21. The number of benzene rings is 1. The van der Waals surface area contributed by atoms with E-state index in [-0.39, 0.29) is 5.91 Å². The first-order valence-electron chi connectivity index (χ1n) is 7.81. The van der Waals surface area contributed by atoms with E-state index in [0.717, 1.165) is 17.5 Å². The van der Waals surface area contributed by atoms with Gasteiger partial charge in [-0.1, -0.05) is 50.8 Å². The Balaban J connectivity index is 2.03. The second-order valence-electron chi connectivity index (χ2n) is 5.61. The number of rotatable bonds is 6. The minimum Gasteiger partial charge on any atom is -0.348 e. The highest BCUT2D eigenvalue weighted by atomic mass is 16.1. The number of allylic oxidation sites excluding steroid dienone is 1. The Morgan fingerprint density at radius 1 is 1.20 bits per heavy atom. The van der Waals surface area contributed by atoms with Crippen molar-refractivity contribution in [1.82, 2.24) is 5.32 Å². The van der Waals surface area contributed by atoms with Crippen LogP contribution in [-0.4, -0.2) is 12.5 Å². The number of unbranched alkanes of at least 4 members (excludes halogenated alkanes) is 5. The van der Waals surface area contributed by atoms with E-state index in [4.69, 9.17) is 0 Å². The van der Waals surface area contributed by atoms with Crippen molar-refractivity contribution < 1.29 is 4.79 Å². The largest absolute Gasteiger partial charge is 0.348 e.